The second-order valence-corrected chi connectivity index (χ2v) is 8.36. The van der Waals surface area contributed by atoms with Crippen molar-refractivity contribution in [2.75, 3.05) is 31.4 Å². The molecule has 0 amide bonds. The zero-order chi connectivity index (χ0) is 26.8. The van der Waals surface area contributed by atoms with Gasteiger partial charge in [-0.15, -0.1) is 0 Å². The summed E-state index contributed by atoms with van der Waals surface area (Å²) >= 11 is 0. The van der Waals surface area contributed by atoms with Gasteiger partial charge in [0, 0.05) is 29.8 Å². The number of nitrogens with two attached hydrogens (primary N) is 2. The standard InChI is InChI=1S/C28H29F3N2O4/c1-19(25-13-8-22(32)17-26(25)33)18-36-27(34)14-5-20-3-9-24(10-4-20)37-28(30,31)21-6-11-23(12-7-21)35-16-2-15-29/h3-14,17,19H,2,15-16,18,32-33H2,1H3/b14-5+. The summed E-state index contributed by atoms with van der Waals surface area (Å²) in [7, 11) is 0. The first-order chi connectivity index (χ1) is 17.7. The molecule has 3 rings (SSSR count). The number of carbonyl (C=O) groups excluding carboxylic acids is 1. The lowest BCUT2D eigenvalue weighted by molar-refractivity contribution is -0.185. The van der Waals surface area contributed by atoms with Crippen LogP contribution in [0, 0.1) is 0 Å². The van der Waals surface area contributed by atoms with Crippen LogP contribution in [0.3, 0.4) is 0 Å². The lowest BCUT2D eigenvalue weighted by Crippen LogP contribution is -2.21. The van der Waals surface area contributed by atoms with Crippen molar-refractivity contribution < 1.29 is 32.2 Å². The molecule has 0 aliphatic heterocycles. The van der Waals surface area contributed by atoms with E-state index in [-0.39, 0.29) is 36.9 Å². The number of benzene rings is 3. The molecule has 196 valence electrons. The summed E-state index contributed by atoms with van der Waals surface area (Å²) in [6.07, 6.45) is -0.593. The van der Waals surface area contributed by atoms with E-state index in [1.807, 2.05) is 6.92 Å². The summed E-state index contributed by atoms with van der Waals surface area (Å²) in [4.78, 5) is 12.1. The van der Waals surface area contributed by atoms with Crippen molar-refractivity contribution in [2.24, 2.45) is 0 Å². The third-order valence-electron chi connectivity index (χ3n) is 5.39. The van der Waals surface area contributed by atoms with E-state index >= 15 is 0 Å². The van der Waals surface area contributed by atoms with Crippen molar-refractivity contribution in [3.05, 3.63) is 89.5 Å². The van der Waals surface area contributed by atoms with E-state index in [9.17, 15) is 18.0 Å². The van der Waals surface area contributed by atoms with Gasteiger partial charge in [0.25, 0.3) is 0 Å². The van der Waals surface area contributed by atoms with Crippen LogP contribution in [0.2, 0.25) is 0 Å². The van der Waals surface area contributed by atoms with Crippen LogP contribution < -0.4 is 20.9 Å². The molecule has 6 nitrogen and oxygen atoms in total. The highest BCUT2D eigenvalue weighted by molar-refractivity contribution is 5.87. The second-order valence-electron chi connectivity index (χ2n) is 8.36. The normalized spacial score (nSPS) is 12.3. The van der Waals surface area contributed by atoms with Crippen molar-refractivity contribution in [3.8, 4) is 11.5 Å². The fourth-order valence-electron chi connectivity index (χ4n) is 3.39. The number of hydrogen-bond donors (Lipinski definition) is 2. The van der Waals surface area contributed by atoms with Crippen LogP contribution in [-0.2, 0) is 15.6 Å². The SMILES string of the molecule is CC(COC(=O)/C=C/c1ccc(OC(F)(F)c2ccc(OCCCF)cc2)cc1)c1ccc(N)cc1N. The first kappa shape index (κ1) is 27.4. The van der Waals surface area contributed by atoms with Crippen LogP contribution in [0.4, 0.5) is 24.5 Å². The highest BCUT2D eigenvalue weighted by Crippen LogP contribution is 2.32. The largest absolute Gasteiger partial charge is 0.494 e. The monoisotopic (exact) mass is 514 g/mol. The Balaban J connectivity index is 1.51. The number of rotatable bonds is 12. The summed E-state index contributed by atoms with van der Waals surface area (Å²) < 4.78 is 56.6. The lowest BCUT2D eigenvalue weighted by atomic mass is 10.00. The molecule has 3 aromatic carbocycles. The summed E-state index contributed by atoms with van der Waals surface area (Å²) in [5, 5.41) is 0. The minimum Gasteiger partial charge on any atom is -0.494 e. The Kier molecular flexibility index (Phi) is 9.43. The zero-order valence-electron chi connectivity index (χ0n) is 20.3. The fraction of sp³-hybridized carbons (Fsp3) is 0.250. The molecule has 0 bridgehead atoms. The van der Waals surface area contributed by atoms with Gasteiger partial charge in [-0.25, -0.2) is 4.79 Å². The molecule has 0 aliphatic rings. The van der Waals surface area contributed by atoms with E-state index in [4.69, 9.17) is 25.7 Å². The molecule has 0 fully saturated rings. The van der Waals surface area contributed by atoms with Crippen molar-refractivity contribution in [1.82, 2.24) is 0 Å². The van der Waals surface area contributed by atoms with Crippen molar-refractivity contribution in [2.45, 2.75) is 25.4 Å². The average Bonchev–Trinajstić information content (AvgIpc) is 2.87. The Hall–Kier alpha value is -4.14. The van der Waals surface area contributed by atoms with Gasteiger partial charge in [-0.1, -0.05) is 25.1 Å². The van der Waals surface area contributed by atoms with E-state index in [1.165, 1.54) is 60.7 Å². The number of esters is 1. The molecule has 9 heteroatoms. The molecule has 0 saturated heterocycles. The van der Waals surface area contributed by atoms with Crippen LogP contribution >= 0.6 is 0 Å². The van der Waals surface area contributed by atoms with Gasteiger partial charge in [-0.05, 0) is 65.7 Å². The highest BCUT2D eigenvalue weighted by atomic mass is 19.3. The third kappa shape index (κ3) is 8.20. The zero-order valence-corrected chi connectivity index (χ0v) is 20.3. The summed E-state index contributed by atoms with van der Waals surface area (Å²) in [6.45, 7) is 1.66. The van der Waals surface area contributed by atoms with E-state index in [0.717, 1.165) is 5.56 Å². The van der Waals surface area contributed by atoms with Crippen LogP contribution in [-0.4, -0.2) is 25.9 Å². The third-order valence-corrected chi connectivity index (χ3v) is 5.39. The first-order valence-corrected chi connectivity index (χ1v) is 11.6. The lowest BCUT2D eigenvalue weighted by Gasteiger charge is -2.18. The number of hydrogen-bond acceptors (Lipinski definition) is 6. The average molecular weight is 515 g/mol. The molecule has 37 heavy (non-hydrogen) atoms. The topological polar surface area (TPSA) is 96.8 Å². The van der Waals surface area contributed by atoms with Gasteiger partial charge in [0.05, 0.1) is 25.5 Å². The molecule has 3 aromatic rings. The maximum atomic E-state index is 14.5. The molecule has 1 unspecified atom stereocenters. The van der Waals surface area contributed by atoms with E-state index in [2.05, 4.69) is 0 Å². The Labute approximate surface area is 213 Å². The molecule has 0 saturated carbocycles. The van der Waals surface area contributed by atoms with Crippen LogP contribution in [0.5, 0.6) is 11.5 Å². The van der Waals surface area contributed by atoms with Gasteiger partial charge in [0.15, 0.2) is 0 Å². The molecule has 0 aliphatic carbocycles. The Morgan fingerprint density at radius 3 is 2.32 bits per heavy atom. The van der Waals surface area contributed by atoms with Gasteiger partial charge < -0.3 is 25.7 Å². The number of ether oxygens (including phenoxy) is 3. The second kappa shape index (κ2) is 12.7. The summed E-state index contributed by atoms with van der Waals surface area (Å²) in [5.74, 6) is -0.361. The quantitative estimate of drug-likeness (QED) is 0.132. The van der Waals surface area contributed by atoms with Crippen LogP contribution in [0.25, 0.3) is 6.08 Å². The first-order valence-electron chi connectivity index (χ1n) is 11.6. The maximum absolute atomic E-state index is 14.5. The van der Waals surface area contributed by atoms with Crippen LogP contribution in [0.1, 0.15) is 36.0 Å². The molecule has 0 aromatic heterocycles. The molecular formula is C28H29F3N2O4. The smallest absolute Gasteiger partial charge is 0.426 e. The number of halogens is 3. The Morgan fingerprint density at radius 1 is 1.00 bits per heavy atom. The van der Waals surface area contributed by atoms with E-state index in [1.54, 1.807) is 18.2 Å². The van der Waals surface area contributed by atoms with Crippen molar-refractivity contribution in [3.63, 3.8) is 0 Å². The van der Waals surface area contributed by atoms with Gasteiger partial charge >= 0.3 is 12.1 Å². The van der Waals surface area contributed by atoms with Crippen molar-refractivity contribution in [1.29, 1.82) is 0 Å². The Bertz CT molecular complexity index is 1200. The van der Waals surface area contributed by atoms with Gasteiger partial charge in [0.1, 0.15) is 11.5 Å². The van der Waals surface area contributed by atoms with E-state index < -0.39 is 18.8 Å². The Morgan fingerprint density at radius 2 is 1.68 bits per heavy atom. The molecule has 4 N–H and O–H groups in total. The van der Waals surface area contributed by atoms with Gasteiger partial charge in [0.2, 0.25) is 0 Å². The highest BCUT2D eigenvalue weighted by Gasteiger charge is 2.34. The molecule has 1 atom stereocenters. The number of carbonyl (C=O) groups is 1. The minimum absolute atomic E-state index is 0.0529. The minimum atomic E-state index is -3.58. The summed E-state index contributed by atoms with van der Waals surface area (Å²) in [6, 6.07) is 16.1. The molecule has 0 radical (unpaired) electrons. The number of nitrogen functional groups attached to an aromatic ring is 2. The van der Waals surface area contributed by atoms with Crippen molar-refractivity contribution >= 4 is 23.4 Å². The van der Waals surface area contributed by atoms with Crippen LogP contribution in [0.15, 0.2) is 72.8 Å². The van der Waals surface area contributed by atoms with Gasteiger partial charge in [-0.2, -0.15) is 8.78 Å². The molecule has 0 heterocycles. The van der Waals surface area contributed by atoms with E-state index in [0.29, 0.717) is 22.7 Å². The predicted molar refractivity (Wildman–Crippen MR) is 137 cm³/mol. The van der Waals surface area contributed by atoms with Gasteiger partial charge in [-0.3, -0.25) is 4.39 Å². The molecular weight excluding hydrogens is 485 g/mol. The fourth-order valence-corrected chi connectivity index (χ4v) is 3.39. The number of anilines is 2. The summed E-state index contributed by atoms with van der Waals surface area (Å²) in [5.41, 5.74) is 13.8. The maximum Gasteiger partial charge on any atom is 0.426 e. The number of alkyl halides is 3. The molecule has 0 spiro atoms. The predicted octanol–water partition coefficient (Wildman–Crippen LogP) is 6.08.